The summed E-state index contributed by atoms with van der Waals surface area (Å²) >= 11 is 0. The third kappa shape index (κ3) is 4.29. The van der Waals surface area contributed by atoms with Gasteiger partial charge in [-0.05, 0) is 27.7 Å². The number of carboxylic acids is 1. The lowest BCUT2D eigenvalue weighted by atomic mass is 10.2. The predicted octanol–water partition coefficient (Wildman–Crippen LogP) is 2.14. The quantitative estimate of drug-likeness (QED) is 0.742. The van der Waals surface area contributed by atoms with E-state index in [-0.39, 0.29) is 5.70 Å². The zero-order valence-corrected chi connectivity index (χ0v) is 10.00. The molecule has 1 amide bonds. The van der Waals surface area contributed by atoms with E-state index in [1.165, 1.54) is 14.0 Å². The molecule has 0 atom stereocenters. The van der Waals surface area contributed by atoms with Crippen LogP contribution in [-0.4, -0.2) is 34.7 Å². The van der Waals surface area contributed by atoms with Gasteiger partial charge in [0, 0.05) is 7.05 Å². The monoisotopic (exact) mass is 233 g/mol. The SMILES string of the molecule is C/C(=C(\F)C(=O)O)N(C)C(=O)OC(C)(C)C. The second-order valence-electron chi connectivity index (χ2n) is 4.24. The molecule has 0 aliphatic carbocycles. The van der Waals surface area contributed by atoms with Crippen LogP contribution < -0.4 is 0 Å². The lowest BCUT2D eigenvalue weighted by Gasteiger charge is -2.24. The molecule has 5 nitrogen and oxygen atoms in total. The first-order valence-electron chi connectivity index (χ1n) is 4.62. The number of hydrogen-bond acceptors (Lipinski definition) is 3. The van der Waals surface area contributed by atoms with Gasteiger partial charge in [-0.1, -0.05) is 0 Å². The minimum atomic E-state index is -1.71. The zero-order chi connectivity index (χ0) is 13.1. The van der Waals surface area contributed by atoms with Crippen LogP contribution in [0.2, 0.25) is 0 Å². The summed E-state index contributed by atoms with van der Waals surface area (Å²) in [5.41, 5.74) is -1.02. The second-order valence-corrected chi connectivity index (χ2v) is 4.24. The number of aliphatic carboxylic acids is 1. The molecule has 0 unspecified atom stereocenters. The van der Waals surface area contributed by atoms with Gasteiger partial charge in [0.1, 0.15) is 5.60 Å². The highest BCUT2D eigenvalue weighted by Gasteiger charge is 2.23. The number of hydrogen-bond donors (Lipinski definition) is 1. The lowest BCUT2D eigenvalue weighted by Crippen LogP contribution is -2.33. The summed E-state index contributed by atoms with van der Waals surface area (Å²) in [5.74, 6) is -3.10. The zero-order valence-electron chi connectivity index (χ0n) is 10.00. The van der Waals surface area contributed by atoms with Gasteiger partial charge >= 0.3 is 12.1 Å². The van der Waals surface area contributed by atoms with Crippen LogP contribution in [0.4, 0.5) is 9.18 Å². The van der Waals surface area contributed by atoms with E-state index in [9.17, 15) is 14.0 Å². The van der Waals surface area contributed by atoms with E-state index < -0.39 is 23.5 Å². The highest BCUT2D eigenvalue weighted by molar-refractivity contribution is 5.85. The molecule has 0 aromatic carbocycles. The smallest absolute Gasteiger partial charge is 0.414 e. The standard InChI is InChI=1S/C10H16FNO4/c1-6(7(11)8(13)14)12(5)9(15)16-10(2,3)4/h1-5H3,(H,13,14)/b7-6+. The largest absolute Gasteiger partial charge is 0.476 e. The fourth-order valence-electron chi connectivity index (χ4n) is 0.769. The lowest BCUT2D eigenvalue weighted by molar-refractivity contribution is -0.134. The molecule has 0 aliphatic rings. The first-order chi connectivity index (χ1) is 7.06. The molecule has 0 aromatic rings. The number of carboxylic acid groups (broad SMARTS) is 1. The summed E-state index contributed by atoms with van der Waals surface area (Å²) < 4.78 is 17.9. The van der Waals surface area contributed by atoms with Gasteiger partial charge in [0.05, 0.1) is 5.70 Å². The van der Waals surface area contributed by atoms with E-state index in [0.29, 0.717) is 0 Å². The van der Waals surface area contributed by atoms with Crippen molar-refractivity contribution in [3.8, 4) is 0 Å². The predicted molar refractivity (Wildman–Crippen MR) is 55.4 cm³/mol. The van der Waals surface area contributed by atoms with Crippen LogP contribution in [0.3, 0.4) is 0 Å². The fraction of sp³-hybridized carbons (Fsp3) is 0.600. The van der Waals surface area contributed by atoms with E-state index in [2.05, 4.69) is 0 Å². The molecule has 1 N–H and O–H groups in total. The normalized spacial score (nSPS) is 12.9. The Morgan fingerprint density at radius 3 is 2.06 bits per heavy atom. The number of amides is 1. The number of ether oxygens (including phenoxy) is 1. The van der Waals surface area contributed by atoms with Gasteiger partial charge in [0.2, 0.25) is 5.83 Å². The van der Waals surface area contributed by atoms with Crippen molar-refractivity contribution in [3.63, 3.8) is 0 Å². The highest BCUT2D eigenvalue weighted by atomic mass is 19.1. The number of halogens is 1. The molecular weight excluding hydrogens is 217 g/mol. The maximum atomic E-state index is 13.0. The molecule has 0 radical (unpaired) electrons. The molecule has 6 heteroatoms. The first-order valence-corrected chi connectivity index (χ1v) is 4.62. The van der Waals surface area contributed by atoms with Crippen LogP contribution in [0.15, 0.2) is 11.5 Å². The van der Waals surface area contributed by atoms with E-state index in [1.54, 1.807) is 20.8 Å². The van der Waals surface area contributed by atoms with Crippen molar-refractivity contribution in [1.82, 2.24) is 4.90 Å². The minimum Gasteiger partial charge on any atom is -0.476 e. The average molecular weight is 233 g/mol. The van der Waals surface area contributed by atoms with E-state index in [0.717, 1.165) is 4.90 Å². The van der Waals surface area contributed by atoms with Gasteiger partial charge in [-0.3, -0.25) is 4.90 Å². The average Bonchev–Trinajstić information content (AvgIpc) is 2.11. The first kappa shape index (κ1) is 14.4. The van der Waals surface area contributed by atoms with Crippen molar-refractivity contribution >= 4 is 12.1 Å². The Bertz CT molecular complexity index is 330. The van der Waals surface area contributed by atoms with Crippen molar-refractivity contribution in [2.75, 3.05) is 7.05 Å². The molecule has 0 heterocycles. The summed E-state index contributed by atoms with van der Waals surface area (Å²) in [5, 5.41) is 8.40. The molecule has 0 fully saturated rings. The van der Waals surface area contributed by atoms with Crippen molar-refractivity contribution in [1.29, 1.82) is 0 Å². The van der Waals surface area contributed by atoms with Gasteiger partial charge in [0.25, 0.3) is 0 Å². The highest BCUT2D eigenvalue weighted by Crippen LogP contribution is 2.15. The summed E-state index contributed by atoms with van der Waals surface area (Å²) in [4.78, 5) is 22.6. The van der Waals surface area contributed by atoms with Gasteiger partial charge in [0.15, 0.2) is 0 Å². The van der Waals surface area contributed by atoms with Gasteiger partial charge in [-0.15, -0.1) is 0 Å². The maximum absolute atomic E-state index is 13.0. The number of nitrogens with zero attached hydrogens (tertiary/aromatic N) is 1. The van der Waals surface area contributed by atoms with Gasteiger partial charge < -0.3 is 9.84 Å². The van der Waals surface area contributed by atoms with Crippen LogP contribution in [0.25, 0.3) is 0 Å². The number of carbonyl (C=O) groups is 2. The van der Waals surface area contributed by atoms with Crippen molar-refractivity contribution in [3.05, 3.63) is 11.5 Å². The van der Waals surface area contributed by atoms with E-state index >= 15 is 0 Å². The molecule has 0 saturated carbocycles. The number of carbonyl (C=O) groups excluding carboxylic acids is 1. The van der Waals surface area contributed by atoms with Crippen LogP contribution >= 0.6 is 0 Å². The summed E-state index contributed by atoms with van der Waals surface area (Å²) in [6.45, 7) is 6.16. The molecule has 0 aromatic heterocycles. The third-order valence-corrected chi connectivity index (χ3v) is 1.68. The molecular formula is C10H16FNO4. The van der Waals surface area contributed by atoms with Crippen LogP contribution in [0.1, 0.15) is 27.7 Å². The van der Waals surface area contributed by atoms with E-state index in [1.807, 2.05) is 0 Å². The molecule has 0 aliphatic heterocycles. The molecule has 92 valence electrons. The second kappa shape index (κ2) is 4.96. The number of allylic oxidation sites excluding steroid dienone is 1. The Hall–Kier alpha value is -1.59. The Morgan fingerprint density at radius 1 is 1.31 bits per heavy atom. The van der Waals surface area contributed by atoms with Crippen LogP contribution in [0.5, 0.6) is 0 Å². The van der Waals surface area contributed by atoms with Crippen molar-refractivity contribution < 1.29 is 23.8 Å². The Labute approximate surface area is 93.5 Å². The van der Waals surface area contributed by atoms with Crippen LogP contribution in [-0.2, 0) is 9.53 Å². The molecule has 0 bridgehead atoms. The molecule has 0 spiro atoms. The fourth-order valence-corrected chi connectivity index (χ4v) is 0.769. The number of rotatable bonds is 2. The minimum absolute atomic E-state index is 0.304. The van der Waals surface area contributed by atoms with Crippen molar-refractivity contribution in [2.45, 2.75) is 33.3 Å². The maximum Gasteiger partial charge on any atom is 0.414 e. The molecule has 16 heavy (non-hydrogen) atoms. The topological polar surface area (TPSA) is 66.8 Å². The Morgan fingerprint density at radius 2 is 1.75 bits per heavy atom. The Balaban J connectivity index is 4.82. The molecule has 0 rings (SSSR count). The summed E-state index contributed by atoms with van der Waals surface area (Å²) in [6, 6.07) is 0. The van der Waals surface area contributed by atoms with Gasteiger partial charge in [-0.2, -0.15) is 4.39 Å². The van der Waals surface area contributed by atoms with Gasteiger partial charge in [-0.25, -0.2) is 9.59 Å². The van der Waals surface area contributed by atoms with Crippen LogP contribution in [0, 0.1) is 0 Å². The Kier molecular flexibility index (Phi) is 4.47. The van der Waals surface area contributed by atoms with Crippen molar-refractivity contribution in [2.24, 2.45) is 0 Å². The third-order valence-electron chi connectivity index (χ3n) is 1.68. The molecule has 0 saturated heterocycles. The van der Waals surface area contributed by atoms with E-state index in [4.69, 9.17) is 9.84 Å². The summed E-state index contributed by atoms with van der Waals surface area (Å²) in [7, 11) is 1.24. The summed E-state index contributed by atoms with van der Waals surface area (Å²) in [6.07, 6.45) is -0.804.